The molecule has 0 aliphatic heterocycles. The van der Waals surface area contributed by atoms with Gasteiger partial charge in [-0.15, -0.1) is 0 Å². The van der Waals surface area contributed by atoms with Crippen molar-refractivity contribution in [2.45, 2.75) is 11.8 Å². The Hall–Kier alpha value is -0.960. The molecule has 12 heavy (non-hydrogen) atoms. The van der Waals surface area contributed by atoms with Crippen LogP contribution in [0, 0.1) is 12.7 Å². The summed E-state index contributed by atoms with van der Waals surface area (Å²) >= 11 is 0. The van der Waals surface area contributed by atoms with Gasteiger partial charge in [0, 0.05) is 10.3 Å². The Morgan fingerprint density at radius 3 is 2.75 bits per heavy atom. The molecule has 0 spiro atoms. The van der Waals surface area contributed by atoms with Gasteiger partial charge in [-0.3, -0.25) is 0 Å². The fourth-order valence-corrected chi connectivity index (χ4v) is 1.53. The van der Waals surface area contributed by atoms with E-state index >= 15 is 0 Å². The molecule has 0 bridgehead atoms. The third-order valence-corrected chi connectivity index (χ3v) is 2.53. The number of benzene rings is 1. The van der Waals surface area contributed by atoms with Gasteiger partial charge in [-0.25, -0.2) is 8.60 Å². The molecular formula is C9H9FOS. The van der Waals surface area contributed by atoms with Crippen LogP contribution < -0.4 is 0 Å². The normalized spacial score (nSPS) is 12.5. The van der Waals surface area contributed by atoms with Crippen LogP contribution in [0.15, 0.2) is 35.1 Å². The Labute approximate surface area is 73.4 Å². The van der Waals surface area contributed by atoms with Gasteiger partial charge < -0.3 is 0 Å². The molecule has 0 amide bonds. The minimum absolute atomic E-state index is 0.278. The first-order valence-electron chi connectivity index (χ1n) is 3.44. The first-order chi connectivity index (χ1) is 5.65. The Morgan fingerprint density at radius 2 is 2.25 bits per heavy atom. The summed E-state index contributed by atoms with van der Waals surface area (Å²) in [4.78, 5) is 0.587. The molecule has 1 aromatic rings. The first-order valence-corrected chi connectivity index (χ1v) is 4.65. The van der Waals surface area contributed by atoms with Crippen molar-refractivity contribution in [3.63, 3.8) is 0 Å². The number of rotatable bonds is 2. The second kappa shape index (κ2) is 3.63. The highest BCUT2D eigenvalue weighted by atomic mass is 32.2. The van der Waals surface area contributed by atoms with Crippen LogP contribution in [0.2, 0.25) is 0 Å². The van der Waals surface area contributed by atoms with Crippen molar-refractivity contribution in [2.24, 2.45) is 0 Å². The number of halogens is 1. The molecule has 1 atom stereocenters. The number of hydrogen-bond acceptors (Lipinski definition) is 1. The first kappa shape index (κ1) is 9.13. The molecule has 0 saturated heterocycles. The lowest BCUT2D eigenvalue weighted by molar-refractivity contribution is 0.616. The van der Waals surface area contributed by atoms with Gasteiger partial charge >= 0.3 is 0 Å². The molecule has 0 radical (unpaired) electrons. The average molecular weight is 184 g/mol. The van der Waals surface area contributed by atoms with Gasteiger partial charge in [0.2, 0.25) is 0 Å². The SMILES string of the molecule is C=C[S@](=O)c1ccc(F)c(C)c1. The standard InChI is InChI=1S/C9H9FOS/c1-3-12(11)8-4-5-9(10)7(2)6-8/h3-6H,1H2,2H3/t12-/m0/s1. The van der Waals surface area contributed by atoms with Crippen LogP contribution in [-0.4, -0.2) is 4.21 Å². The summed E-state index contributed by atoms with van der Waals surface area (Å²) in [6.45, 7) is 5.03. The summed E-state index contributed by atoms with van der Waals surface area (Å²) in [5, 5.41) is 1.33. The van der Waals surface area contributed by atoms with Gasteiger partial charge in [-0.05, 0) is 30.7 Å². The topological polar surface area (TPSA) is 17.1 Å². The molecule has 0 heterocycles. The quantitative estimate of drug-likeness (QED) is 0.689. The summed E-state index contributed by atoms with van der Waals surface area (Å²) in [5.41, 5.74) is 0.503. The molecule has 0 aliphatic rings. The van der Waals surface area contributed by atoms with E-state index in [-0.39, 0.29) is 5.82 Å². The lowest BCUT2D eigenvalue weighted by Crippen LogP contribution is -1.89. The Morgan fingerprint density at radius 1 is 1.58 bits per heavy atom. The van der Waals surface area contributed by atoms with E-state index in [9.17, 15) is 8.60 Å². The second-order valence-electron chi connectivity index (χ2n) is 2.38. The predicted molar refractivity (Wildman–Crippen MR) is 47.7 cm³/mol. The van der Waals surface area contributed by atoms with E-state index < -0.39 is 10.8 Å². The fourth-order valence-electron chi connectivity index (χ4n) is 0.839. The summed E-state index contributed by atoms with van der Waals surface area (Å²) in [5.74, 6) is -0.278. The Bertz CT molecular complexity index is 333. The van der Waals surface area contributed by atoms with E-state index in [1.54, 1.807) is 13.0 Å². The maximum Gasteiger partial charge on any atom is 0.126 e. The summed E-state index contributed by atoms with van der Waals surface area (Å²) < 4.78 is 23.9. The van der Waals surface area contributed by atoms with Crippen molar-refractivity contribution in [3.8, 4) is 0 Å². The van der Waals surface area contributed by atoms with Crippen LogP contribution in [0.5, 0.6) is 0 Å². The summed E-state index contributed by atoms with van der Waals surface area (Å²) in [7, 11) is -1.21. The molecule has 0 aliphatic carbocycles. The zero-order valence-corrected chi connectivity index (χ0v) is 7.53. The molecule has 0 unspecified atom stereocenters. The zero-order chi connectivity index (χ0) is 9.14. The maximum absolute atomic E-state index is 12.7. The third kappa shape index (κ3) is 1.80. The van der Waals surface area contributed by atoms with E-state index in [1.807, 2.05) is 0 Å². The Kier molecular flexibility index (Phi) is 2.76. The van der Waals surface area contributed by atoms with Crippen LogP contribution in [0.25, 0.3) is 0 Å². The highest BCUT2D eigenvalue weighted by molar-refractivity contribution is 7.88. The second-order valence-corrected chi connectivity index (χ2v) is 3.77. The van der Waals surface area contributed by atoms with Gasteiger partial charge in [0.1, 0.15) is 5.82 Å². The molecule has 1 aromatic carbocycles. The smallest absolute Gasteiger partial charge is 0.126 e. The van der Waals surface area contributed by atoms with Crippen molar-refractivity contribution >= 4 is 10.8 Å². The average Bonchev–Trinajstić information content (AvgIpc) is 2.08. The monoisotopic (exact) mass is 184 g/mol. The van der Waals surface area contributed by atoms with Crippen LogP contribution in [-0.2, 0) is 10.8 Å². The minimum Gasteiger partial charge on any atom is -0.250 e. The summed E-state index contributed by atoms with van der Waals surface area (Å²) in [6, 6.07) is 4.37. The molecule has 0 saturated carbocycles. The molecule has 0 fully saturated rings. The molecule has 1 nitrogen and oxygen atoms in total. The van der Waals surface area contributed by atoms with Crippen molar-refractivity contribution in [1.82, 2.24) is 0 Å². The van der Waals surface area contributed by atoms with E-state index in [0.717, 1.165) is 0 Å². The molecule has 1 rings (SSSR count). The fraction of sp³-hybridized carbons (Fsp3) is 0.111. The van der Waals surface area contributed by atoms with Crippen molar-refractivity contribution in [3.05, 3.63) is 41.6 Å². The zero-order valence-electron chi connectivity index (χ0n) is 6.71. The van der Waals surface area contributed by atoms with Gasteiger partial charge in [-0.2, -0.15) is 0 Å². The molecular weight excluding hydrogens is 175 g/mol. The van der Waals surface area contributed by atoms with E-state index in [4.69, 9.17) is 0 Å². The van der Waals surface area contributed by atoms with Crippen LogP contribution in [0.1, 0.15) is 5.56 Å². The molecule has 0 N–H and O–H groups in total. The van der Waals surface area contributed by atoms with Crippen molar-refractivity contribution < 1.29 is 8.60 Å². The van der Waals surface area contributed by atoms with Crippen LogP contribution in [0.4, 0.5) is 4.39 Å². The van der Waals surface area contributed by atoms with E-state index in [0.29, 0.717) is 10.5 Å². The molecule has 0 aromatic heterocycles. The largest absolute Gasteiger partial charge is 0.250 e. The predicted octanol–water partition coefficient (Wildman–Crippen LogP) is 2.39. The Balaban J connectivity index is 3.13. The van der Waals surface area contributed by atoms with Crippen molar-refractivity contribution in [1.29, 1.82) is 0 Å². The lowest BCUT2D eigenvalue weighted by Gasteiger charge is -1.99. The van der Waals surface area contributed by atoms with Gasteiger partial charge in [0.25, 0.3) is 0 Å². The number of aryl methyl sites for hydroxylation is 1. The molecule has 3 heteroatoms. The third-order valence-electron chi connectivity index (χ3n) is 1.51. The summed E-state index contributed by atoms with van der Waals surface area (Å²) in [6.07, 6.45) is 0. The van der Waals surface area contributed by atoms with Crippen LogP contribution in [0.3, 0.4) is 0 Å². The highest BCUT2D eigenvalue weighted by Crippen LogP contribution is 2.12. The van der Waals surface area contributed by atoms with Crippen LogP contribution >= 0.6 is 0 Å². The number of hydrogen-bond donors (Lipinski definition) is 0. The van der Waals surface area contributed by atoms with E-state index in [2.05, 4.69) is 6.58 Å². The van der Waals surface area contributed by atoms with Gasteiger partial charge in [-0.1, -0.05) is 6.58 Å². The van der Waals surface area contributed by atoms with Gasteiger partial charge in [0.05, 0.1) is 10.8 Å². The van der Waals surface area contributed by atoms with E-state index in [1.165, 1.54) is 17.5 Å². The van der Waals surface area contributed by atoms with Crippen molar-refractivity contribution in [2.75, 3.05) is 0 Å². The molecule has 64 valence electrons. The highest BCUT2D eigenvalue weighted by Gasteiger charge is 2.01. The van der Waals surface area contributed by atoms with Gasteiger partial charge in [0.15, 0.2) is 0 Å². The maximum atomic E-state index is 12.7. The minimum atomic E-state index is -1.21. The lowest BCUT2D eigenvalue weighted by atomic mass is 10.2.